The van der Waals surface area contributed by atoms with Crippen LogP contribution in [0, 0.1) is 17.7 Å². The number of carbonyl (C=O) groups is 1. The topological polar surface area (TPSA) is 29.5 Å². The summed E-state index contributed by atoms with van der Waals surface area (Å²) in [5, 5.41) is 0. The number of ether oxygens (including phenoxy) is 1. The number of piperidine rings is 1. The maximum absolute atomic E-state index is 12.8. The third kappa shape index (κ3) is 5.03. The Hall–Kier alpha value is -1.58. The highest BCUT2D eigenvalue weighted by Gasteiger charge is 2.24. The van der Waals surface area contributed by atoms with Crippen molar-refractivity contribution >= 4 is 5.91 Å². The lowest BCUT2D eigenvalue weighted by atomic mass is 9.98. The molecule has 1 aliphatic rings. The highest BCUT2D eigenvalue weighted by Crippen LogP contribution is 2.20. The zero-order chi connectivity index (χ0) is 15.2. The minimum Gasteiger partial charge on any atom is -0.493 e. The molecule has 1 aliphatic heterocycles. The summed E-state index contributed by atoms with van der Waals surface area (Å²) < 4.78 is 18.5. The molecule has 1 fully saturated rings. The van der Waals surface area contributed by atoms with Gasteiger partial charge in [0.2, 0.25) is 5.91 Å². The molecule has 1 amide bonds. The standard InChI is InChI=1S/C17H24FNO2/c1-13(2)10-17(20)19-9-3-4-14(11-19)12-21-16-7-5-15(18)6-8-16/h5-8,13-14H,3-4,9-12H2,1-2H3. The molecule has 1 unspecified atom stereocenters. The lowest BCUT2D eigenvalue weighted by molar-refractivity contribution is -0.134. The summed E-state index contributed by atoms with van der Waals surface area (Å²) >= 11 is 0. The maximum atomic E-state index is 12.8. The number of amides is 1. The molecule has 0 spiro atoms. The molecule has 0 saturated carbocycles. The number of benzene rings is 1. The van der Waals surface area contributed by atoms with E-state index in [1.54, 1.807) is 12.1 Å². The predicted molar refractivity (Wildman–Crippen MR) is 80.7 cm³/mol. The van der Waals surface area contributed by atoms with E-state index in [1.807, 2.05) is 4.90 Å². The van der Waals surface area contributed by atoms with E-state index in [2.05, 4.69) is 13.8 Å². The van der Waals surface area contributed by atoms with Gasteiger partial charge in [0, 0.05) is 25.4 Å². The second kappa shape index (κ2) is 7.43. The molecule has 4 heteroatoms. The lowest BCUT2D eigenvalue weighted by Crippen LogP contribution is -2.41. The molecule has 1 saturated heterocycles. The predicted octanol–water partition coefficient (Wildman–Crippen LogP) is 3.49. The Kier molecular flexibility index (Phi) is 5.59. The smallest absolute Gasteiger partial charge is 0.222 e. The van der Waals surface area contributed by atoms with Crippen molar-refractivity contribution in [2.45, 2.75) is 33.1 Å². The van der Waals surface area contributed by atoms with Crippen molar-refractivity contribution < 1.29 is 13.9 Å². The van der Waals surface area contributed by atoms with Gasteiger partial charge in [0.1, 0.15) is 11.6 Å². The Labute approximate surface area is 126 Å². The van der Waals surface area contributed by atoms with Crippen molar-refractivity contribution in [2.24, 2.45) is 11.8 Å². The molecular weight excluding hydrogens is 269 g/mol. The fraction of sp³-hybridized carbons (Fsp3) is 0.588. The highest BCUT2D eigenvalue weighted by molar-refractivity contribution is 5.76. The van der Waals surface area contributed by atoms with Gasteiger partial charge in [0.15, 0.2) is 0 Å². The number of hydrogen-bond acceptors (Lipinski definition) is 2. The van der Waals surface area contributed by atoms with Gasteiger partial charge in [-0.3, -0.25) is 4.79 Å². The van der Waals surface area contributed by atoms with Gasteiger partial charge >= 0.3 is 0 Å². The van der Waals surface area contributed by atoms with E-state index < -0.39 is 0 Å². The zero-order valence-corrected chi connectivity index (χ0v) is 12.8. The number of carbonyl (C=O) groups excluding carboxylic acids is 1. The van der Waals surface area contributed by atoms with Crippen molar-refractivity contribution in [3.63, 3.8) is 0 Å². The molecule has 2 rings (SSSR count). The molecule has 0 aliphatic carbocycles. The summed E-state index contributed by atoms with van der Waals surface area (Å²) in [6, 6.07) is 6.07. The van der Waals surface area contributed by atoms with Crippen LogP contribution in [-0.2, 0) is 4.79 Å². The number of hydrogen-bond donors (Lipinski definition) is 0. The van der Waals surface area contributed by atoms with Crippen LogP contribution < -0.4 is 4.74 Å². The average Bonchev–Trinajstić information content (AvgIpc) is 2.46. The fourth-order valence-electron chi connectivity index (χ4n) is 2.65. The van der Waals surface area contributed by atoms with Crippen molar-refractivity contribution in [3.8, 4) is 5.75 Å². The van der Waals surface area contributed by atoms with Gasteiger partial charge in [-0.1, -0.05) is 13.8 Å². The third-order valence-corrected chi connectivity index (χ3v) is 3.75. The van der Waals surface area contributed by atoms with Crippen LogP contribution in [0.1, 0.15) is 33.1 Å². The van der Waals surface area contributed by atoms with Crippen LogP contribution in [0.25, 0.3) is 0 Å². The Morgan fingerprint density at radius 3 is 2.76 bits per heavy atom. The van der Waals surface area contributed by atoms with E-state index in [0.717, 1.165) is 25.9 Å². The van der Waals surface area contributed by atoms with E-state index >= 15 is 0 Å². The summed E-state index contributed by atoms with van der Waals surface area (Å²) in [6.45, 7) is 6.34. The Morgan fingerprint density at radius 1 is 1.38 bits per heavy atom. The average molecular weight is 293 g/mol. The van der Waals surface area contributed by atoms with Crippen LogP contribution in [0.4, 0.5) is 4.39 Å². The molecule has 1 aromatic carbocycles. The number of nitrogens with zero attached hydrogens (tertiary/aromatic N) is 1. The molecule has 21 heavy (non-hydrogen) atoms. The van der Waals surface area contributed by atoms with Crippen molar-refractivity contribution in [3.05, 3.63) is 30.1 Å². The Bertz CT molecular complexity index is 458. The molecule has 0 radical (unpaired) electrons. The summed E-state index contributed by atoms with van der Waals surface area (Å²) in [7, 11) is 0. The van der Waals surface area contributed by atoms with Gasteiger partial charge in [-0.25, -0.2) is 4.39 Å². The number of likely N-dealkylation sites (tertiary alicyclic amines) is 1. The zero-order valence-electron chi connectivity index (χ0n) is 12.8. The lowest BCUT2D eigenvalue weighted by Gasteiger charge is -2.33. The summed E-state index contributed by atoms with van der Waals surface area (Å²) in [5.41, 5.74) is 0. The summed E-state index contributed by atoms with van der Waals surface area (Å²) in [6.07, 6.45) is 2.72. The minimum absolute atomic E-state index is 0.247. The highest BCUT2D eigenvalue weighted by atomic mass is 19.1. The van der Waals surface area contributed by atoms with Crippen molar-refractivity contribution in [2.75, 3.05) is 19.7 Å². The number of rotatable bonds is 5. The van der Waals surface area contributed by atoms with E-state index in [1.165, 1.54) is 12.1 Å². The molecule has 1 heterocycles. The first-order valence-corrected chi connectivity index (χ1v) is 7.70. The first-order valence-electron chi connectivity index (χ1n) is 7.70. The number of halogens is 1. The van der Waals surface area contributed by atoms with Gasteiger partial charge in [0.25, 0.3) is 0 Å². The quantitative estimate of drug-likeness (QED) is 0.831. The monoisotopic (exact) mass is 293 g/mol. The largest absolute Gasteiger partial charge is 0.493 e. The Balaban J connectivity index is 1.81. The van der Waals surface area contributed by atoms with Gasteiger partial charge < -0.3 is 9.64 Å². The molecular formula is C17H24FNO2. The second-order valence-corrected chi connectivity index (χ2v) is 6.21. The Morgan fingerprint density at radius 2 is 2.10 bits per heavy atom. The van der Waals surface area contributed by atoms with Gasteiger partial charge in [-0.2, -0.15) is 0 Å². The molecule has 3 nitrogen and oxygen atoms in total. The molecule has 0 bridgehead atoms. The van der Waals surface area contributed by atoms with Crippen LogP contribution in [-0.4, -0.2) is 30.5 Å². The van der Waals surface area contributed by atoms with E-state index in [0.29, 0.717) is 30.6 Å². The van der Waals surface area contributed by atoms with Crippen LogP contribution in [0.3, 0.4) is 0 Å². The minimum atomic E-state index is -0.259. The second-order valence-electron chi connectivity index (χ2n) is 6.21. The van der Waals surface area contributed by atoms with Crippen LogP contribution >= 0.6 is 0 Å². The van der Waals surface area contributed by atoms with Crippen molar-refractivity contribution in [1.29, 1.82) is 0 Å². The van der Waals surface area contributed by atoms with Crippen LogP contribution in [0.15, 0.2) is 24.3 Å². The van der Waals surface area contributed by atoms with Crippen LogP contribution in [0.2, 0.25) is 0 Å². The maximum Gasteiger partial charge on any atom is 0.222 e. The van der Waals surface area contributed by atoms with Gasteiger partial charge in [-0.15, -0.1) is 0 Å². The van der Waals surface area contributed by atoms with Gasteiger partial charge in [0.05, 0.1) is 6.61 Å². The first kappa shape index (κ1) is 15.8. The van der Waals surface area contributed by atoms with E-state index in [9.17, 15) is 9.18 Å². The summed E-state index contributed by atoms with van der Waals surface area (Å²) in [5.74, 6) is 1.43. The molecule has 1 atom stereocenters. The third-order valence-electron chi connectivity index (χ3n) is 3.75. The van der Waals surface area contributed by atoms with Gasteiger partial charge in [-0.05, 0) is 43.0 Å². The summed E-state index contributed by atoms with van der Waals surface area (Å²) in [4.78, 5) is 14.1. The molecule has 0 N–H and O–H groups in total. The van der Waals surface area contributed by atoms with E-state index in [4.69, 9.17) is 4.74 Å². The normalized spacial score (nSPS) is 18.9. The van der Waals surface area contributed by atoms with Crippen LogP contribution in [0.5, 0.6) is 5.75 Å². The molecule has 116 valence electrons. The fourth-order valence-corrected chi connectivity index (χ4v) is 2.65. The molecule has 0 aromatic heterocycles. The van der Waals surface area contributed by atoms with Crippen molar-refractivity contribution in [1.82, 2.24) is 4.90 Å². The first-order chi connectivity index (χ1) is 10.0. The SMILES string of the molecule is CC(C)CC(=O)N1CCCC(COc2ccc(F)cc2)C1. The molecule has 1 aromatic rings. The van der Waals surface area contributed by atoms with E-state index in [-0.39, 0.29) is 11.7 Å².